The fraction of sp³-hybridized carbons (Fsp3) is 0.421. The van der Waals surface area contributed by atoms with E-state index in [1.807, 2.05) is 30.3 Å². The van der Waals surface area contributed by atoms with Crippen molar-refractivity contribution in [1.82, 2.24) is 15.3 Å². The number of aromatic nitrogens is 2. The summed E-state index contributed by atoms with van der Waals surface area (Å²) in [5.41, 5.74) is 1.23. The zero-order chi connectivity index (χ0) is 18.1. The summed E-state index contributed by atoms with van der Waals surface area (Å²) >= 11 is 0. The van der Waals surface area contributed by atoms with Crippen LogP contribution in [0, 0.1) is 5.92 Å². The van der Waals surface area contributed by atoms with Crippen LogP contribution in [0.15, 0.2) is 36.4 Å². The molecule has 0 aliphatic heterocycles. The Labute approximate surface area is 149 Å². The third-order valence-corrected chi connectivity index (χ3v) is 3.61. The van der Waals surface area contributed by atoms with Crippen LogP contribution in [0.5, 0.6) is 0 Å². The van der Waals surface area contributed by atoms with Crippen molar-refractivity contribution in [2.75, 3.05) is 32.1 Å². The van der Waals surface area contributed by atoms with Gasteiger partial charge < -0.3 is 15.4 Å². The van der Waals surface area contributed by atoms with Gasteiger partial charge in [0.2, 0.25) is 0 Å². The van der Waals surface area contributed by atoms with Crippen LogP contribution < -0.4 is 10.6 Å². The minimum Gasteiger partial charge on any atom is -0.383 e. The Morgan fingerprint density at radius 1 is 1.16 bits per heavy atom. The van der Waals surface area contributed by atoms with Gasteiger partial charge in [-0.1, -0.05) is 44.2 Å². The van der Waals surface area contributed by atoms with Crippen molar-refractivity contribution in [1.29, 1.82) is 0 Å². The zero-order valence-corrected chi connectivity index (χ0v) is 15.1. The number of anilines is 1. The Morgan fingerprint density at radius 2 is 1.92 bits per heavy atom. The van der Waals surface area contributed by atoms with Crippen LogP contribution >= 0.6 is 0 Å². The van der Waals surface area contributed by atoms with Gasteiger partial charge in [0.25, 0.3) is 5.91 Å². The van der Waals surface area contributed by atoms with Crippen LogP contribution in [0.3, 0.4) is 0 Å². The monoisotopic (exact) mass is 342 g/mol. The van der Waals surface area contributed by atoms with Gasteiger partial charge >= 0.3 is 0 Å². The predicted octanol–water partition coefficient (Wildman–Crippen LogP) is 2.98. The maximum Gasteiger partial charge on any atom is 0.270 e. The number of hydrogen-bond donors (Lipinski definition) is 2. The largest absolute Gasteiger partial charge is 0.383 e. The second-order valence-corrected chi connectivity index (χ2v) is 6.19. The molecule has 2 rings (SSSR count). The average Bonchev–Trinajstić information content (AvgIpc) is 2.62. The lowest BCUT2D eigenvalue weighted by Gasteiger charge is -2.11. The van der Waals surface area contributed by atoms with Crippen LogP contribution in [-0.2, 0) is 4.74 Å². The molecular weight excluding hydrogens is 316 g/mol. The average molecular weight is 342 g/mol. The standard InChI is InChI=1S/C19H26N4O2/c1-14(2)9-10-21-19(24)16-13-17(20-11-12-25-3)23-18(22-16)15-7-5-4-6-8-15/h4-8,13-14H,9-12H2,1-3H3,(H,21,24)(H,20,22,23). The number of rotatable bonds is 9. The molecule has 0 aliphatic rings. The normalized spacial score (nSPS) is 10.7. The van der Waals surface area contributed by atoms with Crippen molar-refractivity contribution in [3.8, 4) is 11.4 Å². The number of carbonyl (C=O) groups excluding carboxylic acids is 1. The fourth-order valence-corrected chi connectivity index (χ4v) is 2.22. The lowest BCUT2D eigenvalue weighted by Crippen LogP contribution is -2.26. The Hall–Kier alpha value is -2.47. The van der Waals surface area contributed by atoms with Crippen LogP contribution in [0.1, 0.15) is 30.8 Å². The molecule has 0 saturated carbocycles. The molecule has 0 saturated heterocycles. The van der Waals surface area contributed by atoms with Gasteiger partial charge in [-0.3, -0.25) is 4.79 Å². The first kappa shape index (κ1) is 18.9. The van der Waals surface area contributed by atoms with Crippen LogP contribution in [-0.4, -0.2) is 42.7 Å². The number of amides is 1. The summed E-state index contributed by atoms with van der Waals surface area (Å²) in [6, 6.07) is 11.3. The topological polar surface area (TPSA) is 76.1 Å². The summed E-state index contributed by atoms with van der Waals surface area (Å²) in [7, 11) is 1.64. The molecule has 134 valence electrons. The molecule has 0 bridgehead atoms. The molecule has 1 amide bonds. The zero-order valence-electron chi connectivity index (χ0n) is 15.1. The number of benzene rings is 1. The maximum absolute atomic E-state index is 12.4. The second-order valence-electron chi connectivity index (χ2n) is 6.19. The third kappa shape index (κ3) is 6.15. The molecule has 0 aliphatic carbocycles. The number of ether oxygens (including phenoxy) is 1. The number of carbonyl (C=O) groups is 1. The molecule has 6 heteroatoms. The van der Waals surface area contributed by atoms with Crippen molar-refractivity contribution in [2.45, 2.75) is 20.3 Å². The van der Waals surface area contributed by atoms with Crippen molar-refractivity contribution < 1.29 is 9.53 Å². The summed E-state index contributed by atoms with van der Waals surface area (Å²) in [4.78, 5) is 21.4. The van der Waals surface area contributed by atoms with Gasteiger partial charge in [0.1, 0.15) is 11.5 Å². The van der Waals surface area contributed by atoms with Gasteiger partial charge in [0.05, 0.1) is 6.61 Å². The third-order valence-electron chi connectivity index (χ3n) is 3.61. The number of hydrogen-bond acceptors (Lipinski definition) is 5. The predicted molar refractivity (Wildman–Crippen MR) is 99.6 cm³/mol. The van der Waals surface area contributed by atoms with E-state index in [9.17, 15) is 4.79 Å². The minimum atomic E-state index is -0.185. The van der Waals surface area contributed by atoms with E-state index in [-0.39, 0.29) is 5.91 Å². The quantitative estimate of drug-likeness (QED) is 0.685. The highest BCUT2D eigenvalue weighted by Gasteiger charge is 2.13. The van der Waals surface area contributed by atoms with E-state index >= 15 is 0 Å². The highest BCUT2D eigenvalue weighted by atomic mass is 16.5. The van der Waals surface area contributed by atoms with Crippen molar-refractivity contribution in [2.24, 2.45) is 5.92 Å². The molecule has 0 unspecified atom stereocenters. The maximum atomic E-state index is 12.4. The Bertz CT molecular complexity index is 674. The molecule has 0 spiro atoms. The summed E-state index contributed by atoms with van der Waals surface area (Å²) < 4.78 is 5.05. The van der Waals surface area contributed by atoms with Crippen molar-refractivity contribution >= 4 is 11.7 Å². The lowest BCUT2D eigenvalue weighted by molar-refractivity contribution is 0.0947. The molecular formula is C19H26N4O2. The van der Waals surface area contributed by atoms with E-state index in [4.69, 9.17) is 4.74 Å². The Balaban J connectivity index is 2.21. The first-order valence-corrected chi connectivity index (χ1v) is 8.55. The van der Waals surface area contributed by atoms with Gasteiger partial charge in [-0.2, -0.15) is 0 Å². The van der Waals surface area contributed by atoms with Crippen LogP contribution in [0.25, 0.3) is 11.4 Å². The summed E-state index contributed by atoms with van der Waals surface area (Å²) in [6.45, 7) is 6.05. The Morgan fingerprint density at radius 3 is 2.60 bits per heavy atom. The smallest absolute Gasteiger partial charge is 0.270 e. The van der Waals surface area contributed by atoms with Crippen LogP contribution in [0.2, 0.25) is 0 Å². The summed E-state index contributed by atoms with van der Waals surface area (Å²) in [5.74, 6) is 1.49. The molecule has 0 atom stereocenters. The SMILES string of the molecule is COCCNc1cc(C(=O)NCCC(C)C)nc(-c2ccccc2)n1. The van der Waals surface area contributed by atoms with Crippen molar-refractivity contribution in [3.63, 3.8) is 0 Å². The number of nitrogens with zero attached hydrogens (tertiary/aromatic N) is 2. The second kappa shape index (κ2) is 9.74. The fourth-order valence-electron chi connectivity index (χ4n) is 2.22. The molecule has 2 N–H and O–H groups in total. The molecule has 0 radical (unpaired) electrons. The molecule has 1 aromatic carbocycles. The van der Waals surface area contributed by atoms with Gasteiger partial charge in [-0.05, 0) is 12.3 Å². The molecule has 6 nitrogen and oxygen atoms in total. The lowest BCUT2D eigenvalue weighted by atomic mass is 10.1. The Kier molecular flexibility index (Phi) is 7.35. The van der Waals surface area contributed by atoms with Gasteiger partial charge in [0.15, 0.2) is 5.82 Å². The van der Waals surface area contributed by atoms with E-state index in [1.165, 1.54) is 0 Å². The van der Waals surface area contributed by atoms with E-state index < -0.39 is 0 Å². The summed E-state index contributed by atoms with van der Waals surface area (Å²) in [6.07, 6.45) is 0.932. The van der Waals surface area contributed by atoms with E-state index in [0.717, 1.165) is 12.0 Å². The van der Waals surface area contributed by atoms with Gasteiger partial charge in [-0.15, -0.1) is 0 Å². The van der Waals surface area contributed by atoms with Gasteiger partial charge in [0, 0.05) is 31.8 Å². The number of nitrogens with one attached hydrogen (secondary N) is 2. The van der Waals surface area contributed by atoms with E-state index in [2.05, 4.69) is 34.4 Å². The molecule has 2 aromatic rings. The highest BCUT2D eigenvalue weighted by molar-refractivity contribution is 5.93. The highest BCUT2D eigenvalue weighted by Crippen LogP contribution is 2.17. The minimum absolute atomic E-state index is 0.185. The summed E-state index contributed by atoms with van der Waals surface area (Å²) in [5, 5.41) is 6.09. The first-order chi connectivity index (χ1) is 12.1. The molecule has 25 heavy (non-hydrogen) atoms. The van der Waals surface area contributed by atoms with E-state index in [1.54, 1.807) is 13.2 Å². The van der Waals surface area contributed by atoms with E-state index in [0.29, 0.717) is 43.0 Å². The molecule has 1 heterocycles. The van der Waals surface area contributed by atoms with Gasteiger partial charge in [-0.25, -0.2) is 9.97 Å². The first-order valence-electron chi connectivity index (χ1n) is 8.55. The van der Waals surface area contributed by atoms with Crippen LogP contribution in [0.4, 0.5) is 5.82 Å². The number of methoxy groups -OCH3 is 1. The van der Waals surface area contributed by atoms with Crippen molar-refractivity contribution in [3.05, 3.63) is 42.1 Å². The molecule has 0 fully saturated rings. The molecule has 1 aromatic heterocycles.